The van der Waals surface area contributed by atoms with Gasteiger partial charge in [0.25, 0.3) is 5.91 Å². The van der Waals surface area contributed by atoms with Crippen molar-refractivity contribution in [1.82, 2.24) is 9.80 Å². The molecular weight excluding hydrogens is 248 g/mol. The molecule has 1 aromatic heterocycles. The summed E-state index contributed by atoms with van der Waals surface area (Å²) in [4.78, 5) is 29.5. The molecule has 0 radical (unpaired) electrons. The topological polar surface area (TPSA) is 40.6 Å². The molecule has 0 atom stereocenters. The quantitative estimate of drug-likeness (QED) is 0.818. The van der Waals surface area contributed by atoms with Crippen LogP contribution in [0.1, 0.15) is 27.9 Å². The van der Waals surface area contributed by atoms with Crippen LogP contribution in [0.25, 0.3) is 0 Å². The second-order valence-electron chi connectivity index (χ2n) is 4.43. The van der Waals surface area contributed by atoms with Crippen LogP contribution in [0.15, 0.2) is 12.1 Å². The number of rotatable bonds is 2. The molecule has 1 aromatic rings. The maximum absolute atomic E-state index is 12.3. The Labute approximate surface area is 111 Å². The molecule has 0 saturated carbocycles. The fourth-order valence-corrected chi connectivity index (χ4v) is 2.94. The van der Waals surface area contributed by atoms with Gasteiger partial charge in [-0.1, -0.05) is 0 Å². The van der Waals surface area contributed by atoms with E-state index in [0.717, 1.165) is 16.3 Å². The van der Waals surface area contributed by atoms with Gasteiger partial charge in [-0.3, -0.25) is 9.59 Å². The number of thiophene rings is 1. The van der Waals surface area contributed by atoms with Crippen LogP contribution in [0.5, 0.6) is 0 Å². The smallest absolute Gasteiger partial charge is 0.264 e. The Hall–Kier alpha value is -1.36. The molecule has 0 aliphatic carbocycles. The highest BCUT2D eigenvalue weighted by molar-refractivity contribution is 7.13. The summed E-state index contributed by atoms with van der Waals surface area (Å²) in [5, 5.41) is 0. The van der Waals surface area contributed by atoms with Crippen molar-refractivity contribution in [2.45, 2.75) is 20.3 Å². The summed E-state index contributed by atoms with van der Waals surface area (Å²) >= 11 is 1.51. The van der Waals surface area contributed by atoms with Gasteiger partial charge in [0.1, 0.15) is 0 Å². The minimum atomic E-state index is 0.0545. The molecule has 0 unspecified atom stereocenters. The molecule has 5 heteroatoms. The predicted molar refractivity (Wildman–Crippen MR) is 71.8 cm³/mol. The van der Waals surface area contributed by atoms with Crippen molar-refractivity contribution >= 4 is 23.2 Å². The zero-order valence-electron chi connectivity index (χ0n) is 10.8. The van der Waals surface area contributed by atoms with Crippen molar-refractivity contribution in [3.63, 3.8) is 0 Å². The molecule has 0 aromatic carbocycles. The van der Waals surface area contributed by atoms with Crippen molar-refractivity contribution in [3.05, 3.63) is 21.9 Å². The van der Waals surface area contributed by atoms with Gasteiger partial charge >= 0.3 is 0 Å². The molecule has 1 fully saturated rings. The number of amides is 2. The van der Waals surface area contributed by atoms with Gasteiger partial charge in [-0.25, -0.2) is 0 Å². The van der Waals surface area contributed by atoms with Gasteiger partial charge in [-0.05, 0) is 26.0 Å². The highest BCUT2D eigenvalue weighted by Gasteiger charge is 2.24. The summed E-state index contributed by atoms with van der Waals surface area (Å²) in [5.74, 6) is 0.203. The Balaban J connectivity index is 2.06. The van der Waals surface area contributed by atoms with E-state index in [4.69, 9.17) is 0 Å². The first-order valence-electron chi connectivity index (χ1n) is 6.25. The molecule has 2 amide bonds. The van der Waals surface area contributed by atoms with E-state index in [0.29, 0.717) is 26.1 Å². The summed E-state index contributed by atoms with van der Waals surface area (Å²) in [6.45, 7) is 6.50. The van der Waals surface area contributed by atoms with Crippen molar-refractivity contribution in [1.29, 1.82) is 0 Å². The Morgan fingerprint density at radius 2 is 2.11 bits per heavy atom. The van der Waals surface area contributed by atoms with Gasteiger partial charge < -0.3 is 9.80 Å². The van der Waals surface area contributed by atoms with Crippen molar-refractivity contribution in [3.8, 4) is 0 Å². The lowest BCUT2D eigenvalue weighted by Crippen LogP contribution is -2.35. The van der Waals surface area contributed by atoms with Gasteiger partial charge in [0, 0.05) is 37.5 Å². The van der Waals surface area contributed by atoms with Crippen molar-refractivity contribution < 1.29 is 9.59 Å². The lowest BCUT2D eigenvalue weighted by molar-refractivity contribution is -0.130. The minimum Gasteiger partial charge on any atom is -0.341 e. The zero-order valence-corrected chi connectivity index (χ0v) is 11.6. The molecule has 2 heterocycles. The summed E-state index contributed by atoms with van der Waals surface area (Å²) in [6, 6.07) is 3.83. The molecule has 0 bridgehead atoms. The normalized spacial score (nSPS) is 16.9. The number of nitrogens with zero attached hydrogens (tertiary/aromatic N) is 2. The molecule has 1 aliphatic heterocycles. The third-order valence-electron chi connectivity index (χ3n) is 3.21. The van der Waals surface area contributed by atoms with Gasteiger partial charge in [0.2, 0.25) is 5.91 Å². The molecule has 0 N–H and O–H groups in total. The number of likely N-dealkylation sites (N-methyl/N-ethyl adjacent to an activating group) is 1. The third kappa shape index (κ3) is 2.72. The number of hydrogen-bond acceptors (Lipinski definition) is 3. The lowest BCUT2D eigenvalue weighted by Gasteiger charge is -2.20. The first-order valence-corrected chi connectivity index (χ1v) is 7.07. The standard InChI is InChI=1S/C13H18N2O2S/c1-3-14-8-9-15(7-6-12(14)16)13(17)11-5-4-10(2)18-11/h4-5H,3,6-9H2,1-2H3. The average molecular weight is 266 g/mol. The summed E-state index contributed by atoms with van der Waals surface area (Å²) in [5.41, 5.74) is 0. The molecule has 2 rings (SSSR count). The zero-order chi connectivity index (χ0) is 13.1. The van der Waals surface area contributed by atoms with Gasteiger partial charge in [0.05, 0.1) is 4.88 Å². The number of hydrogen-bond donors (Lipinski definition) is 0. The molecule has 4 nitrogen and oxygen atoms in total. The number of carbonyl (C=O) groups excluding carboxylic acids is 2. The van der Waals surface area contributed by atoms with Crippen LogP contribution in [-0.4, -0.2) is 47.8 Å². The summed E-state index contributed by atoms with van der Waals surface area (Å²) < 4.78 is 0. The molecule has 1 aliphatic rings. The van der Waals surface area contributed by atoms with E-state index < -0.39 is 0 Å². The number of carbonyl (C=O) groups is 2. The Morgan fingerprint density at radius 1 is 1.33 bits per heavy atom. The van der Waals surface area contributed by atoms with Gasteiger partial charge in [-0.2, -0.15) is 0 Å². The Kier molecular flexibility index (Phi) is 4.01. The fraction of sp³-hybridized carbons (Fsp3) is 0.538. The largest absolute Gasteiger partial charge is 0.341 e. The van der Waals surface area contributed by atoms with E-state index in [9.17, 15) is 9.59 Å². The van der Waals surface area contributed by atoms with Crippen LogP contribution >= 0.6 is 11.3 Å². The minimum absolute atomic E-state index is 0.0545. The van der Waals surface area contributed by atoms with E-state index in [-0.39, 0.29) is 11.8 Å². The van der Waals surface area contributed by atoms with E-state index in [2.05, 4.69) is 0 Å². The highest BCUT2D eigenvalue weighted by atomic mass is 32.1. The molecular formula is C13H18N2O2S. The first kappa shape index (κ1) is 13.1. The second-order valence-corrected chi connectivity index (χ2v) is 5.71. The maximum atomic E-state index is 12.3. The van der Waals surface area contributed by atoms with Crippen molar-refractivity contribution in [2.24, 2.45) is 0 Å². The predicted octanol–water partition coefficient (Wildman–Crippen LogP) is 1.75. The lowest BCUT2D eigenvalue weighted by atomic mass is 10.3. The molecule has 18 heavy (non-hydrogen) atoms. The van der Waals surface area contributed by atoms with Crippen molar-refractivity contribution in [2.75, 3.05) is 26.2 Å². The molecule has 1 saturated heterocycles. The summed E-state index contributed by atoms with van der Waals surface area (Å²) in [7, 11) is 0. The number of aryl methyl sites for hydroxylation is 1. The Bertz CT molecular complexity index is 456. The van der Waals surface area contributed by atoms with E-state index >= 15 is 0 Å². The SMILES string of the molecule is CCN1CCN(C(=O)c2ccc(C)s2)CCC1=O. The van der Waals surface area contributed by atoms with Gasteiger partial charge in [-0.15, -0.1) is 11.3 Å². The van der Waals surface area contributed by atoms with E-state index in [1.165, 1.54) is 11.3 Å². The van der Waals surface area contributed by atoms with E-state index in [1.54, 1.807) is 4.90 Å². The van der Waals surface area contributed by atoms with Crippen LogP contribution < -0.4 is 0 Å². The van der Waals surface area contributed by atoms with Crippen LogP contribution in [0, 0.1) is 6.92 Å². The molecule has 98 valence electrons. The Morgan fingerprint density at radius 3 is 2.72 bits per heavy atom. The van der Waals surface area contributed by atoms with Crippen LogP contribution in [-0.2, 0) is 4.79 Å². The van der Waals surface area contributed by atoms with Crippen LogP contribution in [0.3, 0.4) is 0 Å². The average Bonchev–Trinajstić information content (AvgIpc) is 2.70. The van der Waals surface area contributed by atoms with Crippen LogP contribution in [0.2, 0.25) is 0 Å². The highest BCUT2D eigenvalue weighted by Crippen LogP contribution is 2.18. The maximum Gasteiger partial charge on any atom is 0.264 e. The second kappa shape index (κ2) is 5.52. The monoisotopic (exact) mass is 266 g/mol. The fourth-order valence-electron chi connectivity index (χ4n) is 2.11. The van der Waals surface area contributed by atoms with E-state index in [1.807, 2.05) is 30.9 Å². The summed E-state index contributed by atoms with van der Waals surface area (Å²) in [6.07, 6.45) is 0.434. The van der Waals surface area contributed by atoms with Gasteiger partial charge in [0.15, 0.2) is 0 Å². The molecule has 0 spiro atoms. The first-order chi connectivity index (χ1) is 8.61. The third-order valence-corrected chi connectivity index (χ3v) is 4.20. The van der Waals surface area contributed by atoms with Crippen LogP contribution in [0.4, 0.5) is 0 Å².